The van der Waals surface area contributed by atoms with Crippen molar-refractivity contribution in [1.29, 1.82) is 5.26 Å². The summed E-state index contributed by atoms with van der Waals surface area (Å²) in [6.45, 7) is 0. The number of para-hydroxylation sites is 2. The first-order chi connectivity index (χ1) is 23.3. The van der Waals surface area contributed by atoms with E-state index >= 15 is 0 Å². The summed E-state index contributed by atoms with van der Waals surface area (Å²) < 4.78 is 5.09. The van der Waals surface area contributed by atoms with Crippen LogP contribution >= 0.6 is 11.3 Å². The number of fused-ring (bicyclic) bond motifs is 9. The van der Waals surface area contributed by atoms with Crippen LogP contribution in [0.2, 0.25) is 0 Å². The third-order valence-electron chi connectivity index (χ3n) is 9.96. The lowest BCUT2D eigenvalue weighted by atomic mass is 9.86. The number of nitriles is 1. The van der Waals surface area contributed by atoms with E-state index in [1.54, 1.807) is 0 Å². The highest BCUT2D eigenvalue weighted by atomic mass is 32.1. The number of anilines is 2. The minimum Gasteiger partial charge on any atom is -0.333 e. The number of rotatable bonds is 3. The summed E-state index contributed by atoms with van der Waals surface area (Å²) in [5.74, 6) is 0.226. The Hall–Kier alpha value is -5.89. The van der Waals surface area contributed by atoms with Gasteiger partial charge in [-0.1, -0.05) is 91.0 Å². The van der Waals surface area contributed by atoms with Crippen molar-refractivity contribution in [2.75, 3.05) is 4.90 Å². The van der Waals surface area contributed by atoms with Crippen LogP contribution in [-0.2, 0) is 0 Å². The zero-order chi connectivity index (χ0) is 31.1. The molecule has 0 amide bonds. The molecule has 2 atom stereocenters. The average molecular weight is 618 g/mol. The molecule has 6 aromatic carbocycles. The summed E-state index contributed by atoms with van der Waals surface area (Å²) in [4.78, 5) is 2.41. The maximum Gasteiger partial charge on any atom is 0.0991 e. The molecule has 2 unspecified atom stereocenters. The van der Waals surface area contributed by atoms with Crippen LogP contribution in [0.15, 0.2) is 152 Å². The molecule has 0 saturated carbocycles. The monoisotopic (exact) mass is 617 g/mol. The number of thiophene rings is 1. The van der Waals surface area contributed by atoms with Crippen molar-refractivity contribution in [3.05, 3.63) is 168 Å². The molecule has 0 saturated heterocycles. The molecular weight excluding hydrogens is 591 g/mol. The molecule has 1 aliphatic heterocycles. The first-order valence-electron chi connectivity index (χ1n) is 16.0. The second-order valence-corrected chi connectivity index (χ2v) is 13.5. The Balaban J connectivity index is 1.11. The Bertz CT molecular complexity index is 2660. The van der Waals surface area contributed by atoms with E-state index in [-0.39, 0.29) is 12.0 Å². The van der Waals surface area contributed by atoms with E-state index in [2.05, 4.69) is 155 Å². The predicted molar refractivity (Wildman–Crippen MR) is 197 cm³/mol. The Morgan fingerprint density at radius 1 is 0.638 bits per heavy atom. The van der Waals surface area contributed by atoms with Crippen molar-refractivity contribution < 1.29 is 0 Å². The van der Waals surface area contributed by atoms with Crippen LogP contribution in [0.4, 0.5) is 11.4 Å². The summed E-state index contributed by atoms with van der Waals surface area (Å²) in [7, 11) is 0. The van der Waals surface area contributed by atoms with E-state index in [9.17, 15) is 5.26 Å². The van der Waals surface area contributed by atoms with Crippen LogP contribution in [0, 0.1) is 11.3 Å². The maximum absolute atomic E-state index is 9.35. The summed E-state index contributed by atoms with van der Waals surface area (Å²) in [5.41, 5.74) is 10.5. The minimum atomic E-state index is 0.177. The lowest BCUT2D eigenvalue weighted by molar-refractivity contribution is 0.747. The normalized spacial score (nSPS) is 16.9. The Morgan fingerprint density at radius 3 is 2.28 bits per heavy atom. The molecule has 0 spiro atoms. The second kappa shape index (κ2) is 10.1. The zero-order valence-corrected chi connectivity index (χ0v) is 26.2. The van der Waals surface area contributed by atoms with Gasteiger partial charge in [0.15, 0.2) is 0 Å². The largest absolute Gasteiger partial charge is 0.333 e. The molecule has 0 N–H and O–H groups in total. The van der Waals surface area contributed by atoms with Gasteiger partial charge in [0.1, 0.15) is 0 Å². The first kappa shape index (κ1) is 26.3. The molecule has 1 aliphatic carbocycles. The van der Waals surface area contributed by atoms with E-state index in [1.165, 1.54) is 70.1 Å². The van der Waals surface area contributed by atoms with E-state index in [1.807, 2.05) is 23.5 Å². The molecule has 10 rings (SSSR count). The molecule has 0 bridgehead atoms. The van der Waals surface area contributed by atoms with Gasteiger partial charge in [-0.25, -0.2) is 0 Å². The molecule has 0 radical (unpaired) electrons. The second-order valence-electron chi connectivity index (χ2n) is 12.4. The van der Waals surface area contributed by atoms with Crippen LogP contribution in [0.3, 0.4) is 0 Å². The lowest BCUT2D eigenvalue weighted by Crippen LogP contribution is -2.28. The van der Waals surface area contributed by atoms with Crippen molar-refractivity contribution in [3.8, 4) is 11.8 Å². The Kier molecular flexibility index (Phi) is 5.64. The molecule has 3 heterocycles. The van der Waals surface area contributed by atoms with Gasteiger partial charge in [0.05, 0.1) is 39.1 Å². The number of hydrogen-bond donors (Lipinski definition) is 0. The van der Waals surface area contributed by atoms with Gasteiger partial charge < -0.3 is 9.47 Å². The summed E-state index contributed by atoms with van der Waals surface area (Å²) in [6.07, 6.45) is 7.10. The van der Waals surface area contributed by atoms with Gasteiger partial charge in [0.2, 0.25) is 0 Å². The Morgan fingerprint density at radius 2 is 1.38 bits per heavy atom. The smallest absolute Gasteiger partial charge is 0.0991 e. The molecule has 2 aliphatic rings. The SMILES string of the molecule is N#Cc1ccc(N2c3ccccc3C3C=C(c4ccc5c(c4)c4ccccc4n5-c4cccc5c4sc4ccccc45)C=CC32)cc1. The van der Waals surface area contributed by atoms with Crippen molar-refractivity contribution in [2.24, 2.45) is 0 Å². The number of nitrogens with zero attached hydrogens (tertiary/aromatic N) is 3. The highest BCUT2D eigenvalue weighted by molar-refractivity contribution is 7.26. The molecule has 3 nitrogen and oxygen atoms in total. The fourth-order valence-corrected chi connectivity index (χ4v) is 9.07. The van der Waals surface area contributed by atoms with Gasteiger partial charge in [0, 0.05) is 43.5 Å². The van der Waals surface area contributed by atoms with Gasteiger partial charge in [-0.15, -0.1) is 11.3 Å². The highest BCUT2D eigenvalue weighted by Crippen LogP contribution is 2.49. The third kappa shape index (κ3) is 3.84. The third-order valence-corrected chi connectivity index (χ3v) is 11.2. The molecule has 2 aromatic heterocycles. The fraction of sp³-hybridized carbons (Fsp3) is 0.0465. The standard InChI is InChI=1S/C43H27N3S/c44-26-27-16-20-30(21-17-27)45-37-12-4-1-8-31(37)35-24-28(18-22-39(35)45)29-19-23-40-36(25-29)32-9-2-5-13-38(32)46(40)41-14-7-11-34-33-10-3-6-15-42(33)47-43(34)41/h1-25,35,39H. The van der Waals surface area contributed by atoms with Crippen LogP contribution in [-0.4, -0.2) is 10.6 Å². The van der Waals surface area contributed by atoms with E-state index < -0.39 is 0 Å². The molecule has 47 heavy (non-hydrogen) atoms. The lowest BCUT2D eigenvalue weighted by Gasteiger charge is -2.29. The first-order valence-corrected chi connectivity index (χ1v) is 16.8. The number of aromatic nitrogens is 1. The van der Waals surface area contributed by atoms with Crippen LogP contribution < -0.4 is 4.90 Å². The van der Waals surface area contributed by atoms with Crippen LogP contribution in [0.25, 0.3) is 53.2 Å². The average Bonchev–Trinajstić information content (AvgIpc) is 3.79. The van der Waals surface area contributed by atoms with Gasteiger partial charge in [-0.05, 0) is 77.4 Å². The van der Waals surface area contributed by atoms with Crippen LogP contribution in [0.5, 0.6) is 0 Å². The fourth-order valence-electron chi connectivity index (χ4n) is 7.86. The van der Waals surface area contributed by atoms with Crippen molar-refractivity contribution in [1.82, 2.24) is 4.57 Å². The zero-order valence-electron chi connectivity index (χ0n) is 25.3. The van der Waals surface area contributed by atoms with Gasteiger partial charge >= 0.3 is 0 Å². The van der Waals surface area contributed by atoms with Crippen molar-refractivity contribution in [3.63, 3.8) is 0 Å². The van der Waals surface area contributed by atoms with E-state index in [4.69, 9.17) is 0 Å². The quantitative estimate of drug-likeness (QED) is 0.198. The number of allylic oxidation sites excluding steroid dienone is 2. The molecular formula is C43H27N3S. The van der Waals surface area contributed by atoms with Crippen molar-refractivity contribution >= 4 is 70.3 Å². The molecule has 0 fully saturated rings. The van der Waals surface area contributed by atoms with E-state index in [0.717, 1.165) is 5.69 Å². The predicted octanol–water partition coefficient (Wildman–Crippen LogP) is 11.3. The number of hydrogen-bond acceptors (Lipinski definition) is 3. The van der Waals surface area contributed by atoms with E-state index in [0.29, 0.717) is 5.56 Å². The summed E-state index contributed by atoms with van der Waals surface area (Å²) in [5, 5.41) is 14.5. The number of benzene rings is 6. The Labute approximate surface area is 276 Å². The molecule has 8 aromatic rings. The molecule has 4 heteroatoms. The topological polar surface area (TPSA) is 32.0 Å². The van der Waals surface area contributed by atoms with Gasteiger partial charge in [0.25, 0.3) is 0 Å². The maximum atomic E-state index is 9.35. The van der Waals surface area contributed by atoms with Crippen molar-refractivity contribution in [2.45, 2.75) is 12.0 Å². The van der Waals surface area contributed by atoms with Gasteiger partial charge in [-0.2, -0.15) is 5.26 Å². The molecule has 220 valence electrons. The summed E-state index contributed by atoms with van der Waals surface area (Å²) in [6, 6.07) is 50.3. The van der Waals surface area contributed by atoms with Gasteiger partial charge in [-0.3, -0.25) is 0 Å². The summed E-state index contributed by atoms with van der Waals surface area (Å²) >= 11 is 1.88. The highest BCUT2D eigenvalue weighted by Gasteiger charge is 2.38. The van der Waals surface area contributed by atoms with Crippen LogP contribution in [0.1, 0.15) is 22.6 Å². The minimum absolute atomic E-state index is 0.177.